The van der Waals surface area contributed by atoms with Gasteiger partial charge in [-0.25, -0.2) is 9.97 Å². The summed E-state index contributed by atoms with van der Waals surface area (Å²) in [6, 6.07) is 4.20. The SMILES string of the molecule is CC.Cc1nc2c(C)ccc(C)c2nc1C. The third-order valence-electron chi connectivity index (χ3n) is 2.64. The van der Waals surface area contributed by atoms with E-state index >= 15 is 0 Å². The van der Waals surface area contributed by atoms with Crippen molar-refractivity contribution in [3.63, 3.8) is 0 Å². The van der Waals surface area contributed by atoms with Crippen molar-refractivity contribution < 1.29 is 0 Å². The number of hydrogen-bond donors (Lipinski definition) is 0. The fourth-order valence-electron chi connectivity index (χ4n) is 1.56. The van der Waals surface area contributed by atoms with E-state index in [0.717, 1.165) is 22.4 Å². The van der Waals surface area contributed by atoms with E-state index in [9.17, 15) is 0 Å². The zero-order valence-corrected chi connectivity index (χ0v) is 11.0. The van der Waals surface area contributed by atoms with Crippen LogP contribution in [0.5, 0.6) is 0 Å². The number of hydrogen-bond acceptors (Lipinski definition) is 2. The van der Waals surface area contributed by atoms with Gasteiger partial charge >= 0.3 is 0 Å². The molecule has 0 atom stereocenters. The van der Waals surface area contributed by atoms with Crippen LogP contribution in [0.1, 0.15) is 36.4 Å². The topological polar surface area (TPSA) is 25.8 Å². The summed E-state index contributed by atoms with van der Waals surface area (Å²) in [6.45, 7) is 12.2. The van der Waals surface area contributed by atoms with Crippen LogP contribution in [0.15, 0.2) is 12.1 Å². The first-order chi connectivity index (χ1) is 7.59. The second kappa shape index (κ2) is 5.06. The van der Waals surface area contributed by atoms with E-state index in [-0.39, 0.29) is 0 Å². The molecule has 0 amide bonds. The molecule has 1 aromatic carbocycles. The number of benzene rings is 1. The van der Waals surface area contributed by atoms with E-state index in [1.54, 1.807) is 0 Å². The maximum absolute atomic E-state index is 4.57. The van der Waals surface area contributed by atoms with Gasteiger partial charge in [-0.05, 0) is 38.8 Å². The summed E-state index contributed by atoms with van der Waals surface area (Å²) >= 11 is 0. The van der Waals surface area contributed by atoms with Crippen molar-refractivity contribution in [3.05, 3.63) is 34.6 Å². The lowest BCUT2D eigenvalue weighted by molar-refractivity contribution is 1.09. The average molecular weight is 216 g/mol. The molecule has 0 fully saturated rings. The predicted molar refractivity (Wildman–Crippen MR) is 69.8 cm³/mol. The lowest BCUT2D eigenvalue weighted by atomic mass is 10.1. The van der Waals surface area contributed by atoms with Gasteiger partial charge in [0.1, 0.15) is 0 Å². The van der Waals surface area contributed by atoms with Crippen LogP contribution in [0, 0.1) is 27.7 Å². The lowest BCUT2D eigenvalue weighted by Gasteiger charge is -2.06. The largest absolute Gasteiger partial charge is 0.249 e. The highest BCUT2D eigenvalue weighted by molar-refractivity contribution is 5.81. The molecule has 0 aliphatic carbocycles. The summed E-state index contributed by atoms with van der Waals surface area (Å²) in [4.78, 5) is 9.15. The van der Waals surface area contributed by atoms with Crippen LogP contribution in [-0.4, -0.2) is 9.97 Å². The molecule has 2 rings (SSSR count). The highest BCUT2D eigenvalue weighted by atomic mass is 14.8. The van der Waals surface area contributed by atoms with E-state index in [1.165, 1.54) is 11.1 Å². The monoisotopic (exact) mass is 216 g/mol. The van der Waals surface area contributed by atoms with Gasteiger partial charge in [0.2, 0.25) is 0 Å². The molecule has 16 heavy (non-hydrogen) atoms. The van der Waals surface area contributed by atoms with Gasteiger partial charge in [0.15, 0.2) is 0 Å². The molecule has 0 unspecified atom stereocenters. The van der Waals surface area contributed by atoms with E-state index < -0.39 is 0 Å². The molecule has 0 spiro atoms. The number of aryl methyl sites for hydroxylation is 4. The Morgan fingerprint density at radius 3 is 1.31 bits per heavy atom. The Kier molecular flexibility index (Phi) is 3.99. The summed E-state index contributed by atoms with van der Waals surface area (Å²) in [5.74, 6) is 0. The standard InChI is InChI=1S/C12H14N2.C2H6/c1-7-5-6-8(2)12-11(7)13-9(3)10(4)14-12;1-2/h5-6H,1-4H3;1-2H3. The van der Waals surface area contributed by atoms with Gasteiger partial charge in [-0.1, -0.05) is 26.0 Å². The van der Waals surface area contributed by atoms with Crippen molar-refractivity contribution in [2.45, 2.75) is 41.5 Å². The van der Waals surface area contributed by atoms with Crippen molar-refractivity contribution in [1.82, 2.24) is 9.97 Å². The molecule has 1 heterocycles. The third kappa shape index (κ3) is 2.21. The summed E-state index contributed by atoms with van der Waals surface area (Å²) in [5, 5.41) is 0. The van der Waals surface area contributed by atoms with Crippen molar-refractivity contribution in [1.29, 1.82) is 0 Å². The smallest absolute Gasteiger partial charge is 0.0922 e. The van der Waals surface area contributed by atoms with Gasteiger partial charge in [-0.2, -0.15) is 0 Å². The van der Waals surface area contributed by atoms with Gasteiger partial charge in [0.25, 0.3) is 0 Å². The summed E-state index contributed by atoms with van der Waals surface area (Å²) in [5.41, 5.74) is 6.50. The van der Waals surface area contributed by atoms with E-state index in [0.29, 0.717) is 0 Å². The summed E-state index contributed by atoms with van der Waals surface area (Å²) in [7, 11) is 0. The highest BCUT2D eigenvalue weighted by Crippen LogP contribution is 2.19. The maximum Gasteiger partial charge on any atom is 0.0922 e. The molecule has 0 N–H and O–H groups in total. The van der Waals surface area contributed by atoms with E-state index in [1.807, 2.05) is 27.7 Å². The first kappa shape index (κ1) is 12.6. The van der Waals surface area contributed by atoms with Gasteiger partial charge in [0.05, 0.1) is 22.4 Å². The highest BCUT2D eigenvalue weighted by Gasteiger charge is 2.05. The van der Waals surface area contributed by atoms with Crippen molar-refractivity contribution in [3.8, 4) is 0 Å². The van der Waals surface area contributed by atoms with Crippen LogP contribution in [0.4, 0.5) is 0 Å². The third-order valence-corrected chi connectivity index (χ3v) is 2.64. The molecule has 2 heteroatoms. The van der Waals surface area contributed by atoms with Crippen LogP contribution in [0.3, 0.4) is 0 Å². The second-order valence-corrected chi connectivity index (χ2v) is 3.79. The molecular formula is C14H20N2. The Bertz CT molecular complexity index is 455. The Morgan fingerprint density at radius 1 is 0.688 bits per heavy atom. The fraction of sp³-hybridized carbons (Fsp3) is 0.429. The molecule has 86 valence electrons. The fourth-order valence-corrected chi connectivity index (χ4v) is 1.56. The van der Waals surface area contributed by atoms with Crippen molar-refractivity contribution in [2.75, 3.05) is 0 Å². The molecular weight excluding hydrogens is 196 g/mol. The summed E-state index contributed by atoms with van der Waals surface area (Å²) in [6.07, 6.45) is 0. The predicted octanol–water partition coefficient (Wildman–Crippen LogP) is 3.89. The van der Waals surface area contributed by atoms with Crippen LogP contribution >= 0.6 is 0 Å². The molecule has 2 aromatic rings. The molecule has 1 aromatic heterocycles. The minimum absolute atomic E-state index is 1.02. The van der Waals surface area contributed by atoms with Gasteiger partial charge in [-0.3, -0.25) is 0 Å². The normalized spacial score (nSPS) is 9.88. The second-order valence-electron chi connectivity index (χ2n) is 3.79. The number of rotatable bonds is 0. The quantitative estimate of drug-likeness (QED) is 0.667. The van der Waals surface area contributed by atoms with Gasteiger partial charge in [0, 0.05) is 0 Å². The molecule has 0 saturated heterocycles. The zero-order chi connectivity index (χ0) is 12.3. The minimum Gasteiger partial charge on any atom is -0.249 e. The first-order valence-corrected chi connectivity index (χ1v) is 5.81. The van der Waals surface area contributed by atoms with E-state index in [2.05, 4.69) is 35.9 Å². The van der Waals surface area contributed by atoms with Crippen LogP contribution in [0.2, 0.25) is 0 Å². The average Bonchev–Trinajstić information content (AvgIpc) is 2.29. The number of nitrogens with zero attached hydrogens (tertiary/aromatic N) is 2. The summed E-state index contributed by atoms with van der Waals surface area (Å²) < 4.78 is 0. The van der Waals surface area contributed by atoms with Crippen molar-refractivity contribution >= 4 is 11.0 Å². The zero-order valence-electron chi connectivity index (χ0n) is 11.0. The Balaban J connectivity index is 0.000000606. The van der Waals surface area contributed by atoms with Gasteiger partial charge < -0.3 is 0 Å². The number of fused-ring (bicyclic) bond motifs is 1. The maximum atomic E-state index is 4.57. The molecule has 0 aliphatic rings. The molecule has 2 nitrogen and oxygen atoms in total. The Labute approximate surface area is 97.7 Å². The Hall–Kier alpha value is -1.44. The van der Waals surface area contributed by atoms with Crippen LogP contribution < -0.4 is 0 Å². The molecule has 0 radical (unpaired) electrons. The van der Waals surface area contributed by atoms with Gasteiger partial charge in [-0.15, -0.1) is 0 Å². The molecule has 0 aliphatic heterocycles. The van der Waals surface area contributed by atoms with Crippen LogP contribution in [-0.2, 0) is 0 Å². The van der Waals surface area contributed by atoms with E-state index in [4.69, 9.17) is 0 Å². The van der Waals surface area contributed by atoms with Crippen molar-refractivity contribution in [2.24, 2.45) is 0 Å². The number of aromatic nitrogens is 2. The van der Waals surface area contributed by atoms with Crippen LogP contribution in [0.25, 0.3) is 11.0 Å². The molecule has 0 saturated carbocycles. The minimum atomic E-state index is 1.02. The first-order valence-electron chi connectivity index (χ1n) is 5.81. The Morgan fingerprint density at radius 2 is 1.00 bits per heavy atom. The lowest BCUT2D eigenvalue weighted by Crippen LogP contribution is -1.96. The molecule has 0 bridgehead atoms.